The van der Waals surface area contributed by atoms with Gasteiger partial charge in [0.15, 0.2) is 0 Å². The van der Waals surface area contributed by atoms with Crippen molar-refractivity contribution in [1.29, 1.82) is 0 Å². The summed E-state index contributed by atoms with van der Waals surface area (Å²) in [6.45, 7) is 2.03. The van der Waals surface area contributed by atoms with Gasteiger partial charge in [-0.3, -0.25) is 0 Å². The Morgan fingerprint density at radius 1 is 1.40 bits per heavy atom. The lowest BCUT2D eigenvalue weighted by molar-refractivity contribution is 0.0700. The van der Waals surface area contributed by atoms with Crippen LogP contribution in [0.5, 0.6) is 0 Å². The summed E-state index contributed by atoms with van der Waals surface area (Å²) in [5.41, 5.74) is 0.719. The number of benzene rings is 1. The van der Waals surface area contributed by atoms with Gasteiger partial charge in [0, 0.05) is 9.37 Å². The van der Waals surface area contributed by atoms with E-state index in [1.807, 2.05) is 31.2 Å². The molecule has 1 N–H and O–H groups in total. The van der Waals surface area contributed by atoms with E-state index in [-0.39, 0.29) is 0 Å². The fraction of sp³-hybridized carbons (Fsp3) is 0.286. The van der Waals surface area contributed by atoms with Gasteiger partial charge in [-0.2, -0.15) is 0 Å². The van der Waals surface area contributed by atoms with Crippen molar-refractivity contribution in [3.05, 3.63) is 44.3 Å². The van der Waals surface area contributed by atoms with E-state index in [0.717, 1.165) is 32.9 Å². The lowest BCUT2D eigenvalue weighted by Crippen LogP contribution is -1.98. The number of carboxylic acid groups (broad SMARTS) is 1. The van der Waals surface area contributed by atoms with Crippen molar-refractivity contribution in [2.24, 2.45) is 0 Å². The molecule has 0 aliphatic heterocycles. The topological polar surface area (TPSA) is 50.2 Å². The number of thiazole rings is 1. The Morgan fingerprint density at radius 2 is 2.10 bits per heavy atom. The lowest BCUT2D eigenvalue weighted by atomic mass is 10.2. The molecule has 0 spiro atoms. The van der Waals surface area contributed by atoms with E-state index in [9.17, 15) is 9.90 Å². The number of thioether (sulfide) groups is 1. The number of aromatic carboxylic acids is 1. The number of rotatable bonds is 6. The molecule has 3 nitrogen and oxygen atoms in total. The van der Waals surface area contributed by atoms with E-state index in [4.69, 9.17) is 0 Å². The molecule has 0 aliphatic carbocycles. The molecule has 0 atom stereocenters. The lowest BCUT2D eigenvalue weighted by Gasteiger charge is -1.99. The van der Waals surface area contributed by atoms with E-state index in [2.05, 4.69) is 20.9 Å². The zero-order chi connectivity index (χ0) is 14.5. The van der Waals surface area contributed by atoms with Crippen LogP contribution in [0, 0.1) is 0 Å². The van der Waals surface area contributed by atoms with Gasteiger partial charge in [-0.25, -0.2) is 9.78 Å². The molecule has 0 fully saturated rings. The minimum atomic E-state index is -0.870. The van der Waals surface area contributed by atoms with Gasteiger partial charge >= 0.3 is 5.97 Å². The Balaban J connectivity index is 2.07. The normalized spacial score (nSPS) is 10.7. The number of carboxylic acids is 1. The van der Waals surface area contributed by atoms with Crippen molar-refractivity contribution in [3.63, 3.8) is 0 Å². The Labute approximate surface area is 134 Å². The standard InChI is InChI=1S/C14H14BrNO2S2/c1-2-3-11-13(14(17)18)20-12(16-11)8-19-10-6-4-9(15)5-7-10/h4-7H,2-3,8H2,1H3,(H,17,18). The highest BCUT2D eigenvalue weighted by molar-refractivity contribution is 9.10. The minimum Gasteiger partial charge on any atom is -0.477 e. The highest BCUT2D eigenvalue weighted by Gasteiger charge is 2.16. The summed E-state index contributed by atoms with van der Waals surface area (Å²) in [6.07, 6.45) is 1.63. The molecule has 0 bridgehead atoms. The van der Waals surface area contributed by atoms with Crippen molar-refractivity contribution in [3.8, 4) is 0 Å². The molecule has 2 rings (SSSR count). The van der Waals surface area contributed by atoms with Crippen LogP contribution >= 0.6 is 39.0 Å². The molecular weight excluding hydrogens is 358 g/mol. The summed E-state index contributed by atoms with van der Waals surface area (Å²) in [5, 5.41) is 10.1. The predicted molar refractivity (Wildman–Crippen MR) is 86.8 cm³/mol. The van der Waals surface area contributed by atoms with E-state index < -0.39 is 5.97 Å². The van der Waals surface area contributed by atoms with Crippen LogP contribution in [0.2, 0.25) is 0 Å². The SMILES string of the molecule is CCCc1nc(CSc2ccc(Br)cc2)sc1C(=O)O. The molecule has 106 valence electrons. The molecule has 20 heavy (non-hydrogen) atoms. The number of hydrogen-bond acceptors (Lipinski definition) is 4. The molecule has 1 heterocycles. The monoisotopic (exact) mass is 371 g/mol. The van der Waals surface area contributed by atoms with Crippen LogP contribution in [0.1, 0.15) is 33.7 Å². The fourth-order valence-electron chi connectivity index (χ4n) is 1.71. The molecular formula is C14H14BrNO2S2. The van der Waals surface area contributed by atoms with Crippen LogP contribution in [-0.4, -0.2) is 16.1 Å². The van der Waals surface area contributed by atoms with Crippen molar-refractivity contribution >= 4 is 45.0 Å². The summed E-state index contributed by atoms with van der Waals surface area (Å²) in [4.78, 5) is 17.2. The molecule has 0 aliphatic rings. The number of aryl methyl sites for hydroxylation is 1. The maximum absolute atomic E-state index is 11.2. The van der Waals surface area contributed by atoms with Crippen molar-refractivity contribution < 1.29 is 9.90 Å². The fourth-order valence-corrected chi connectivity index (χ4v) is 3.82. The van der Waals surface area contributed by atoms with Gasteiger partial charge in [-0.15, -0.1) is 23.1 Å². The maximum atomic E-state index is 11.2. The number of halogens is 1. The minimum absolute atomic E-state index is 0.387. The molecule has 2 aromatic rings. The second-order valence-electron chi connectivity index (χ2n) is 4.18. The molecule has 0 saturated carbocycles. The van der Waals surface area contributed by atoms with Gasteiger partial charge in [-0.05, 0) is 30.7 Å². The summed E-state index contributed by atoms with van der Waals surface area (Å²) in [7, 11) is 0. The van der Waals surface area contributed by atoms with E-state index in [0.29, 0.717) is 10.6 Å². The van der Waals surface area contributed by atoms with Gasteiger partial charge in [0.05, 0.1) is 11.4 Å². The third-order valence-corrected chi connectivity index (χ3v) is 5.42. The first-order chi connectivity index (χ1) is 9.60. The Kier molecular flexibility index (Phi) is 5.63. The first-order valence-electron chi connectivity index (χ1n) is 6.20. The molecule has 0 unspecified atom stereocenters. The van der Waals surface area contributed by atoms with E-state index >= 15 is 0 Å². The third-order valence-electron chi connectivity index (χ3n) is 2.60. The maximum Gasteiger partial charge on any atom is 0.347 e. The Hall–Kier alpha value is -0.850. The smallest absolute Gasteiger partial charge is 0.347 e. The Morgan fingerprint density at radius 3 is 2.70 bits per heavy atom. The molecule has 1 aromatic carbocycles. The van der Waals surface area contributed by atoms with Gasteiger partial charge < -0.3 is 5.11 Å². The number of hydrogen-bond donors (Lipinski definition) is 1. The van der Waals surface area contributed by atoms with Crippen LogP contribution in [-0.2, 0) is 12.2 Å². The summed E-state index contributed by atoms with van der Waals surface area (Å²) >= 11 is 6.36. The predicted octanol–water partition coefficient (Wildman–Crippen LogP) is 4.85. The van der Waals surface area contributed by atoms with Gasteiger partial charge in [0.1, 0.15) is 9.88 Å². The van der Waals surface area contributed by atoms with Gasteiger partial charge in [0.2, 0.25) is 0 Å². The van der Waals surface area contributed by atoms with Crippen LogP contribution in [0.3, 0.4) is 0 Å². The summed E-state index contributed by atoms with van der Waals surface area (Å²) < 4.78 is 1.05. The number of nitrogens with zero attached hydrogens (tertiary/aromatic N) is 1. The summed E-state index contributed by atoms with van der Waals surface area (Å²) in [5.74, 6) is -0.165. The van der Waals surface area contributed by atoms with Gasteiger partial charge in [-0.1, -0.05) is 29.3 Å². The first-order valence-corrected chi connectivity index (χ1v) is 8.80. The summed E-state index contributed by atoms with van der Waals surface area (Å²) in [6, 6.07) is 8.06. The van der Waals surface area contributed by atoms with E-state index in [1.165, 1.54) is 11.3 Å². The molecule has 1 aromatic heterocycles. The van der Waals surface area contributed by atoms with E-state index in [1.54, 1.807) is 11.8 Å². The first kappa shape index (κ1) is 15.5. The quantitative estimate of drug-likeness (QED) is 0.737. The van der Waals surface area contributed by atoms with Crippen molar-refractivity contribution in [1.82, 2.24) is 4.98 Å². The van der Waals surface area contributed by atoms with Crippen LogP contribution in [0.4, 0.5) is 0 Å². The highest BCUT2D eigenvalue weighted by atomic mass is 79.9. The average Bonchev–Trinajstić information content (AvgIpc) is 2.82. The average molecular weight is 372 g/mol. The van der Waals surface area contributed by atoms with Crippen LogP contribution < -0.4 is 0 Å². The number of carbonyl (C=O) groups is 1. The van der Waals surface area contributed by atoms with Gasteiger partial charge in [0.25, 0.3) is 0 Å². The third kappa shape index (κ3) is 4.07. The molecule has 0 amide bonds. The number of aromatic nitrogens is 1. The Bertz CT molecular complexity index is 596. The largest absolute Gasteiger partial charge is 0.477 e. The second kappa shape index (κ2) is 7.24. The van der Waals surface area contributed by atoms with Crippen molar-refractivity contribution in [2.75, 3.05) is 0 Å². The molecule has 0 saturated heterocycles. The molecule has 0 radical (unpaired) electrons. The zero-order valence-electron chi connectivity index (χ0n) is 10.9. The van der Waals surface area contributed by atoms with Crippen molar-refractivity contribution in [2.45, 2.75) is 30.4 Å². The second-order valence-corrected chi connectivity index (χ2v) is 7.23. The van der Waals surface area contributed by atoms with Crippen LogP contribution in [0.15, 0.2) is 33.6 Å². The van der Waals surface area contributed by atoms with Crippen LogP contribution in [0.25, 0.3) is 0 Å². The zero-order valence-corrected chi connectivity index (χ0v) is 14.1. The highest BCUT2D eigenvalue weighted by Crippen LogP contribution is 2.28. The molecule has 6 heteroatoms.